The predicted octanol–water partition coefficient (Wildman–Crippen LogP) is -0.116. The summed E-state index contributed by atoms with van der Waals surface area (Å²) < 4.78 is 22.5. The van der Waals surface area contributed by atoms with Crippen molar-refractivity contribution in [2.45, 2.75) is 25.0 Å². The zero-order valence-electron chi connectivity index (χ0n) is 11.6. The van der Waals surface area contributed by atoms with E-state index in [4.69, 9.17) is 0 Å². The quantitative estimate of drug-likeness (QED) is 0.805. The Morgan fingerprint density at radius 3 is 2.68 bits per heavy atom. The topological polar surface area (TPSA) is 91.0 Å². The normalized spacial score (nSPS) is 18.4. The number of H-pyrrole nitrogens is 1. The number of hydrogen-bond acceptors (Lipinski definition) is 6. The Balaban J connectivity index is 2.23. The van der Waals surface area contributed by atoms with Gasteiger partial charge in [0.05, 0.1) is 0 Å². The summed E-state index contributed by atoms with van der Waals surface area (Å²) in [5.41, 5.74) is 0. The molecule has 0 saturated carbocycles. The Bertz CT molecular complexity index is 529. The molecular formula is C11H21N5O2S. The fourth-order valence-corrected chi connectivity index (χ4v) is 2.33. The van der Waals surface area contributed by atoms with E-state index in [0.717, 1.165) is 32.6 Å². The van der Waals surface area contributed by atoms with E-state index in [0.29, 0.717) is 11.8 Å². The van der Waals surface area contributed by atoms with Gasteiger partial charge in [0.2, 0.25) is 5.95 Å². The van der Waals surface area contributed by atoms with E-state index >= 15 is 0 Å². The summed E-state index contributed by atoms with van der Waals surface area (Å²) in [5, 5.41) is 10.2. The highest BCUT2D eigenvalue weighted by atomic mass is 32.2. The fourth-order valence-electron chi connectivity index (χ4n) is 1.88. The van der Waals surface area contributed by atoms with Crippen molar-refractivity contribution in [2.75, 3.05) is 37.3 Å². The summed E-state index contributed by atoms with van der Waals surface area (Å²) in [5.74, 6) is 0.970. The highest BCUT2D eigenvalue weighted by Gasteiger charge is 2.36. The highest BCUT2D eigenvalue weighted by molar-refractivity contribution is 7.91. The molecule has 1 fully saturated rings. The molecule has 0 amide bonds. The van der Waals surface area contributed by atoms with E-state index in [-0.39, 0.29) is 0 Å². The molecule has 0 bridgehead atoms. The Morgan fingerprint density at radius 2 is 2.00 bits per heavy atom. The van der Waals surface area contributed by atoms with Gasteiger partial charge in [0.15, 0.2) is 9.84 Å². The van der Waals surface area contributed by atoms with Gasteiger partial charge in [-0.15, -0.1) is 5.10 Å². The van der Waals surface area contributed by atoms with Crippen molar-refractivity contribution < 1.29 is 8.42 Å². The standard InChI is InChI=1S/C11H21N5O2S/c1-11(2,19(3,17)18)9-13-10(15-14-9)16-7-4-5-12-6-8-16/h12H,4-8H2,1-3H3,(H,13,14,15). The number of sulfone groups is 1. The summed E-state index contributed by atoms with van der Waals surface area (Å²) in [6, 6.07) is 0. The van der Waals surface area contributed by atoms with E-state index in [9.17, 15) is 8.42 Å². The van der Waals surface area contributed by atoms with Crippen molar-refractivity contribution in [3.63, 3.8) is 0 Å². The molecule has 2 N–H and O–H groups in total. The van der Waals surface area contributed by atoms with Gasteiger partial charge >= 0.3 is 0 Å². The van der Waals surface area contributed by atoms with Crippen LogP contribution < -0.4 is 10.2 Å². The first kappa shape index (κ1) is 14.3. The van der Waals surface area contributed by atoms with Gasteiger partial charge in [-0.2, -0.15) is 4.98 Å². The zero-order valence-corrected chi connectivity index (χ0v) is 12.4. The van der Waals surface area contributed by atoms with Crippen LogP contribution in [0.4, 0.5) is 5.95 Å². The summed E-state index contributed by atoms with van der Waals surface area (Å²) >= 11 is 0. The molecule has 19 heavy (non-hydrogen) atoms. The molecule has 1 aliphatic rings. The lowest BCUT2D eigenvalue weighted by Gasteiger charge is -2.19. The molecule has 0 aliphatic carbocycles. The van der Waals surface area contributed by atoms with Crippen LogP contribution in [-0.2, 0) is 14.6 Å². The lowest BCUT2D eigenvalue weighted by atomic mass is 10.2. The second kappa shape index (κ2) is 5.09. The number of aromatic amines is 1. The van der Waals surface area contributed by atoms with Gasteiger partial charge in [0.1, 0.15) is 10.6 Å². The highest BCUT2D eigenvalue weighted by Crippen LogP contribution is 2.26. The summed E-state index contributed by atoms with van der Waals surface area (Å²) in [6.07, 6.45) is 2.24. The summed E-state index contributed by atoms with van der Waals surface area (Å²) in [7, 11) is -3.24. The third-order valence-corrected chi connectivity index (χ3v) is 5.64. The number of anilines is 1. The van der Waals surface area contributed by atoms with Gasteiger partial charge in [-0.3, -0.25) is 5.10 Å². The van der Waals surface area contributed by atoms with Crippen LogP contribution in [0.2, 0.25) is 0 Å². The molecule has 0 atom stereocenters. The second-order valence-electron chi connectivity index (χ2n) is 5.36. The molecule has 1 aromatic heterocycles. The van der Waals surface area contributed by atoms with Gasteiger partial charge in [-0.25, -0.2) is 8.42 Å². The SMILES string of the molecule is CC(C)(c1nc(N2CCCNCC2)n[nH]1)S(C)(=O)=O. The Hall–Kier alpha value is -1.15. The lowest BCUT2D eigenvalue weighted by Crippen LogP contribution is -2.30. The molecule has 0 radical (unpaired) electrons. The second-order valence-corrected chi connectivity index (χ2v) is 7.92. The van der Waals surface area contributed by atoms with Gasteiger partial charge in [0.25, 0.3) is 0 Å². The lowest BCUT2D eigenvalue weighted by molar-refractivity contribution is 0.550. The van der Waals surface area contributed by atoms with Crippen LogP contribution in [0.5, 0.6) is 0 Å². The minimum absolute atomic E-state index is 0.391. The number of rotatable bonds is 3. The molecule has 0 spiro atoms. The molecule has 1 aliphatic heterocycles. The molecule has 2 heterocycles. The number of nitrogens with one attached hydrogen (secondary N) is 2. The minimum atomic E-state index is -3.24. The smallest absolute Gasteiger partial charge is 0.244 e. The average Bonchev–Trinajstić information content (AvgIpc) is 2.65. The van der Waals surface area contributed by atoms with E-state index in [1.54, 1.807) is 13.8 Å². The predicted molar refractivity (Wildman–Crippen MR) is 74.0 cm³/mol. The van der Waals surface area contributed by atoms with Gasteiger partial charge < -0.3 is 10.2 Å². The fraction of sp³-hybridized carbons (Fsp3) is 0.818. The van der Waals surface area contributed by atoms with E-state index in [1.165, 1.54) is 6.26 Å². The minimum Gasteiger partial charge on any atom is -0.338 e. The van der Waals surface area contributed by atoms with Crippen LogP contribution in [0.15, 0.2) is 0 Å². The monoisotopic (exact) mass is 287 g/mol. The van der Waals surface area contributed by atoms with Gasteiger partial charge in [0, 0.05) is 25.9 Å². The Morgan fingerprint density at radius 1 is 1.26 bits per heavy atom. The van der Waals surface area contributed by atoms with Crippen molar-refractivity contribution in [1.82, 2.24) is 20.5 Å². The van der Waals surface area contributed by atoms with Crippen molar-refractivity contribution in [1.29, 1.82) is 0 Å². The Kier molecular flexibility index (Phi) is 3.82. The summed E-state index contributed by atoms with van der Waals surface area (Å²) in [6.45, 7) is 6.86. The molecule has 0 unspecified atom stereocenters. The number of nitrogens with zero attached hydrogens (tertiary/aromatic N) is 3. The van der Waals surface area contributed by atoms with Crippen molar-refractivity contribution >= 4 is 15.8 Å². The van der Waals surface area contributed by atoms with E-state index in [1.807, 2.05) is 0 Å². The molecule has 7 nitrogen and oxygen atoms in total. The van der Waals surface area contributed by atoms with Crippen LogP contribution in [0.3, 0.4) is 0 Å². The van der Waals surface area contributed by atoms with Crippen LogP contribution in [0, 0.1) is 0 Å². The maximum atomic E-state index is 11.8. The van der Waals surface area contributed by atoms with Crippen molar-refractivity contribution in [3.8, 4) is 0 Å². The maximum absolute atomic E-state index is 11.8. The summed E-state index contributed by atoms with van der Waals surface area (Å²) in [4.78, 5) is 6.43. The first-order valence-electron chi connectivity index (χ1n) is 6.40. The number of hydrogen-bond donors (Lipinski definition) is 2. The third-order valence-electron chi connectivity index (χ3n) is 3.59. The van der Waals surface area contributed by atoms with E-state index < -0.39 is 14.6 Å². The first-order valence-corrected chi connectivity index (χ1v) is 8.29. The first-order chi connectivity index (χ1) is 8.82. The molecule has 0 aromatic carbocycles. The van der Waals surface area contributed by atoms with Gasteiger partial charge in [-0.1, -0.05) is 0 Å². The molecular weight excluding hydrogens is 266 g/mol. The van der Waals surface area contributed by atoms with Crippen molar-refractivity contribution in [3.05, 3.63) is 5.82 Å². The van der Waals surface area contributed by atoms with Crippen molar-refractivity contribution in [2.24, 2.45) is 0 Å². The van der Waals surface area contributed by atoms with Crippen LogP contribution in [0.25, 0.3) is 0 Å². The molecule has 8 heteroatoms. The van der Waals surface area contributed by atoms with Crippen LogP contribution in [-0.4, -0.2) is 56.0 Å². The third kappa shape index (κ3) is 2.89. The molecule has 2 rings (SSSR count). The largest absolute Gasteiger partial charge is 0.338 e. The maximum Gasteiger partial charge on any atom is 0.244 e. The Labute approximate surface area is 113 Å². The molecule has 1 aromatic rings. The van der Waals surface area contributed by atoms with Crippen LogP contribution >= 0.6 is 0 Å². The zero-order chi connectivity index (χ0) is 14.1. The number of aromatic nitrogens is 3. The van der Waals surface area contributed by atoms with E-state index in [2.05, 4.69) is 25.4 Å². The van der Waals surface area contributed by atoms with Crippen LogP contribution in [0.1, 0.15) is 26.1 Å². The molecule has 1 saturated heterocycles. The van der Waals surface area contributed by atoms with Gasteiger partial charge in [-0.05, 0) is 26.8 Å². The molecule has 108 valence electrons. The average molecular weight is 287 g/mol.